The molecule has 2 aromatic carbocycles. The molecular formula is C18H19N3O6. The number of likely N-dealkylation sites (N-methyl/N-ethyl adjacent to an activating group) is 1. The van der Waals surface area contributed by atoms with Crippen LogP contribution < -0.4 is 0 Å². The number of carbonyl (C=O) groups is 2. The van der Waals surface area contributed by atoms with Crippen molar-refractivity contribution in [3.05, 3.63) is 77.0 Å². The minimum absolute atomic E-state index is 0.00190. The Morgan fingerprint density at radius 2 is 1.74 bits per heavy atom. The monoisotopic (exact) mass is 373 g/mol. The molecule has 0 saturated heterocycles. The summed E-state index contributed by atoms with van der Waals surface area (Å²) < 4.78 is 4.81. The fourth-order valence-electron chi connectivity index (χ4n) is 2.20. The molecule has 9 heteroatoms. The molecule has 9 nitrogen and oxygen atoms in total. The molecule has 0 spiro atoms. The van der Waals surface area contributed by atoms with E-state index in [1.165, 1.54) is 7.05 Å². The number of benzene rings is 2. The number of carbonyl (C=O) groups excluding carboxylic acids is 1. The zero-order chi connectivity index (χ0) is 19.6. The average molecular weight is 373 g/mol. The Bertz CT molecular complexity index is 782. The van der Waals surface area contributed by atoms with Gasteiger partial charge in [-0.2, -0.15) is 0 Å². The number of carboxylic acids is 1. The molecule has 0 aliphatic heterocycles. The Labute approximate surface area is 155 Å². The van der Waals surface area contributed by atoms with Crippen molar-refractivity contribution in [1.82, 2.24) is 5.01 Å². The first kappa shape index (κ1) is 19.7. The van der Waals surface area contributed by atoms with Crippen molar-refractivity contribution in [2.45, 2.75) is 12.5 Å². The number of esters is 1. The van der Waals surface area contributed by atoms with Crippen molar-refractivity contribution >= 4 is 11.9 Å². The Morgan fingerprint density at radius 1 is 1.15 bits per heavy atom. The molecule has 27 heavy (non-hydrogen) atoms. The third kappa shape index (κ3) is 5.99. The highest BCUT2D eigenvalue weighted by molar-refractivity contribution is 5.89. The standard InChI is InChI=1S/C18H19N3O6/c1-20(16(17(22)23)12-14-8-4-2-5-9-14)21(25)19-27-13-26-18(24)15-10-6-3-7-11-15/h2-11,16H,12-13H2,1H3,(H,22,23)/b21-19-/t16-/m0/s1. The Morgan fingerprint density at radius 3 is 2.33 bits per heavy atom. The van der Waals surface area contributed by atoms with Crippen molar-refractivity contribution in [2.75, 3.05) is 13.8 Å². The van der Waals surface area contributed by atoms with Gasteiger partial charge in [0.25, 0.3) is 6.79 Å². The minimum Gasteiger partial charge on any atom is -0.569 e. The van der Waals surface area contributed by atoms with E-state index in [4.69, 9.17) is 4.74 Å². The molecule has 0 unspecified atom stereocenters. The van der Waals surface area contributed by atoms with Crippen LogP contribution in [0.1, 0.15) is 15.9 Å². The van der Waals surface area contributed by atoms with Gasteiger partial charge in [-0.15, -0.1) is 5.01 Å². The van der Waals surface area contributed by atoms with Crippen LogP contribution in [0.2, 0.25) is 0 Å². The molecule has 0 fully saturated rings. The third-order valence-corrected chi connectivity index (χ3v) is 3.66. The van der Waals surface area contributed by atoms with Gasteiger partial charge in [-0.25, -0.2) is 9.59 Å². The zero-order valence-electron chi connectivity index (χ0n) is 14.6. The molecule has 0 radical (unpaired) electrons. The summed E-state index contributed by atoms with van der Waals surface area (Å²) in [5, 5.41) is 25.4. The van der Waals surface area contributed by atoms with Crippen LogP contribution in [0.25, 0.3) is 0 Å². The summed E-state index contributed by atoms with van der Waals surface area (Å²) in [6.45, 7) is -0.587. The Kier molecular flexibility index (Phi) is 7.12. The van der Waals surface area contributed by atoms with E-state index in [1.807, 2.05) is 6.07 Å². The molecule has 0 aliphatic carbocycles. The van der Waals surface area contributed by atoms with Crippen molar-refractivity contribution in [3.63, 3.8) is 0 Å². The van der Waals surface area contributed by atoms with Crippen LogP contribution in [-0.2, 0) is 20.8 Å². The van der Waals surface area contributed by atoms with Gasteiger partial charge in [-0.3, -0.25) is 0 Å². The number of nitrogens with zero attached hydrogens (tertiary/aromatic N) is 3. The normalized spacial score (nSPS) is 12.1. The van der Waals surface area contributed by atoms with Gasteiger partial charge >= 0.3 is 11.9 Å². The number of hydrazine groups is 1. The van der Waals surface area contributed by atoms with E-state index in [1.54, 1.807) is 54.6 Å². The number of hydrogen-bond donors (Lipinski definition) is 1. The summed E-state index contributed by atoms with van der Waals surface area (Å²) in [6.07, 6.45) is 0.101. The van der Waals surface area contributed by atoms with Crippen molar-refractivity contribution in [2.24, 2.45) is 5.28 Å². The van der Waals surface area contributed by atoms with Gasteiger partial charge in [0.15, 0.2) is 6.04 Å². The fraction of sp³-hybridized carbons (Fsp3) is 0.222. The van der Waals surface area contributed by atoms with E-state index in [2.05, 4.69) is 10.1 Å². The maximum atomic E-state index is 11.9. The number of ether oxygens (including phenoxy) is 1. The van der Waals surface area contributed by atoms with Crippen LogP contribution in [0, 0.1) is 5.21 Å². The van der Waals surface area contributed by atoms with E-state index in [0.717, 1.165) is 10.6 Å². The SMILES string of the molecule is CN([C@@H](Cc1ccccc1)C(=O)O)/[N+]([O-])=N/OCOC(=O)c1ccccc1. The van der Waals surface area contributed by atoms with Gasteiger partial charge in [0.05, 0.1) is 17.6 Å². The first-order valence-corrected chi connectivity index (χ1v) is 8.01. The molecule has 0 saturated carbocycles. The second kappa shape index (κ2) is 9.76. The van der Waals surface area contributed by atoms with Crippen LogP contribution in [0.15, 0.2) is 65.9 Å². The molecule has 1 atom stereocenters. The van der Waals surface area contributed by atoms with Crippen LogP contribution >= 0.6 is 0 Å². The summed E-state index contributed by atoms with van der Waals surface area (Å²) in [4.78, 5) is 27.8. The van der Waals surface area contributed by atoms with E-state index < -0.39 is 24.8 Å². The van der Waals surface area contributed by atoms with Gasteiger partial charge in [-0.1, -0.05) is 48.5 Å². The number of carboxylic acid groups (broad SMARTS) is 1. The highest BCUT2D eigenvalue weighted by Gasteiger charge is 2.29. The van der Waals surface area contributed by atoms with Gasteiger partial charge in [0.2, 0.25) is 5.28 Å². The van der Waals surface area contributed by atoms with E-state index in [-0.39, 0.29) is 11.4 Å². The van der Waals surface area contributed by atoms with Crippen LogP contribution in [0.4, 0.5) is 0 Å². The van der Waals surface area contributed by atoms with Crippen LogP contribution in [0.3, 0.4) is 0 Å². The first-order chi connectivity index (χ1) is 13.0. The Hall–Kier alpha value is -3.62. The number of aliphatic carboxylic acids is 1. The molecule has 1 N–H and O–H groups in total. The molecule has 0 aromatic heterocycles. The highest BCUT2D eigenvalue weighted by Crippen LogP contribution is 2.09. The predicted molar refractivity (Wildman–Crippen MR) is 93.2 cm³/mol. The molecule has 0 bridgehead atoms. The maximum absolute atomic E-state index is 11.9. The quantitative estimate of drug-likeness (QED) is 0.179. The second-order valence-corrected chi connectivity index (χ2v) is 5.50. The summed E-state index contributed by atoms with van der Waals surface area (Å²) in [6, 6.07) is 16.0. The van der Waals surface area contributed by atoms with Crippen molar-refractivity contribution in [1.29, 1.82) is 0 Å². The van der Waals surface area contributed by atoms with Gasteiger partial charge in [-0.05, 0) is 17.7 Å². The topological polar surface area (TPSA) is 114 Å². The smallest absolute Gasteiger partial charge is 0.341 e. The maximum Gasteiger partial charge on any atom is 0.341 e. The first-order valence-electron chi connectivity index (χ1n) is 8.01. The summed E-state index contributed by atoms with van der Waals surface area (Å²) in [5.41, 5.74) is 1.08. The van der Waals surface area contributed by atoms with Crippen molar-refractivity contribution in [3.8, 4) is 0 Å². The molecular weight excluding hydrogens is 354 g/mol. The lowest BCUT2D eigenvalue weighted by molar-refractivity contribution is -0.711. The van der Waals surface area contributed by atoms with E-state index >= 15 is 0 Å². The van der Waals surface area contributed by atoms with Crippen LogP contribution in [-0.4, -0.2) is 46.9 Å². The summed E-state index contributed by atoms with van der Waals surface area (Å²) >= 11 is 0. The number of hydrogen-bond acceptors (Lipinski definition) is 6. The molecule has 0 amide bonds. The minimum atomic E-state index is -1.19. The van der Waals surface area contributed by atoms with Crippen LogP contribution in [0.5, 0.6) is 0 Å². The largest absolute Gasteiger partial charge is 0.569 e. The van der Waals surface area contributed by atoms with E-state index in [0.29, 0.717) is 5.56 Å². The van der Waals surface area contributed by atoms with Crippen molar-refractivity contribution < 1.29 is 29.2 Å². The van der Waals surface area contributed by atoms with E-state index in [9.17, 15) is 19.9 Å². The molecule has 142 valence electrons. The van der Waals surface area contributed by atoms with Gasteiger partial charge in [0, 0.05) is 6.42 Å². The van der Waals surface area contributed by atoms with Gasteiger partial charge in [0.1, 0.15) is 0 Å². The predicted octanol–water partition coefficient (Wildman–Crippen LogP) is 2.24. The molecule has 0 aliphatic rings. The lowest BCUT2D eigenvalue weighted by Gasteiger charge is -2.20. The third-order valence-electron chi connectivity index (χ3n) is 3.66. The lowest BCUT2D eigenvalue weighted by Crippen LogP contribution is -2.44. The molecule has 2 aromatic rings. The highest BCUT2D eigenvalue weighted by atomic mass is 16.8. The number of rotatable bonds is 9. The summed E-state index contributed by atoms with van der Waals surface area (Å²) in [7, 11) is 1.28. The lowest BCUT2D eigenvalue weighted by atomic mass is 10.1. The van der Waals surface area contributed by atoms with Gasteiger partial charge < -0.3 is 19.9 Å². The molecule has 2 rings (SSSR count). The fourth-order valence-corrected chi connectivity index (χ4v) is 2.20. The zero-order valence-corrected chi connectivity index (χ0v) is 14.6. The summed E-state index contributed by atoms with van der Waals surface area (Å²) in [5.74, 6) is -1.82. The Balaban J connectivity index is 1.88. The average Bonchev–Trinajstić information content (AvgIpc) is 2.69. The second-order valence-electron chi connectivity index (χ2n) is 5.50. The molecule has 0 heterocycles.